The van der Waals surface area contributed by atoms with E-state index in [-0.39, 0.29) is 0 Å². The van der Waals surface area contributed by atoms with Crippen LogP contribution < -0.4 is 9.80 Å². The van der Waals surface area contributed by atoms with Gasteiger partial charge in [-0.3, -0.25) is 0 Å². The average molecular weight is 701 g/mol. The Morgan fingerprint density at radius 2 is 0.574 bits per heavy atom. The standard InChI is InChI=1S/C52H48N2/c1-39(2)43-27-35-51(36-28-43)53(47-15-7-5-8-16-47)49-31-21-41(22-32-49)19-25-45-13-11-12-14-46(45)26-20-42-23-33-50(34-24-42)54(48-17-9-6-10-18-48)52-37-29-44(30-38-52)40(3)4/h5-40H,1-4H3. The minimum atomic E-state index is 0.498. The summed E-state index contributed by atoms with van der Waals surface area (Å²) < 4.78 is 0. The molecule has 0 bridgehead atoms. The van der Waals surface area contributed by atoms with Crippen LogP contribution in [0.2, 0.25) is 0 Å². The van der Waals surface area contributed by atoms with Gasteiger partial charge in [0.2, 0.25) is 0 Å². The van der Waals surface area contributed by atoms with Crippen molar-refractivity contribution in [2.75, 3.05) is 9.80 Å². The molecule has 7 rings (SSSR count). The Morgan fingerprint density at radius 1 is 0.296 bits per heavy atom. The van der Waals surface area contributed by atoms with Gasteiger partial charge in [-0.25, -0.2) is 0 Å². The molecule has 54 heavy (non-hydrogen) atoms. The molecule has 7 aromatic carbocycles. The molecule has 7 aromatic rings. The molecule has 0 atom stereocenters. The lowest BCUT2D eigenvalue weighted by Gasteiger charge is -2.26. The van der Waals surface area contributed by atoms with Crippen LogP contribution in [-0.2, 0) is 0 Å². The second-order valence-electron chi connectivity index (χ2n) is 14.3. The summed E-state index contributed by atoms with van der Waals surface area (Å²) in [6, 6.07) is 65.2. The van der Waals surface area contributed by atoms with Crippen molar-refractivity contribution < 1.29 is 0 Å². The lowest BCUT2D eigenvalue weighted by molar-refractivity contribution is 0.866. The Balaban J connectivity index is 1.08. The Kier molecular flexibility index (Phi) is 11.3. The van der Waals surface area contributed by atoms with Crippen LogP contribution in [-0.4, -0.2) is 0 Å². The predicted molar refractivity (Wildman–Crippen MR) is 235 cm³/mol. The van der Waals surface area contributed by atoms with Crippen molar-refractivity contribution in [2.24, 2.45) is 0 Å². The highest BCUT2D eigenvalue weighted by Gasteiger charge is 2.14. The van der Waals surface area contributed by atoms with Crippen molar-refractivity contribution in [1.29, 1.82) is 0 Å². The fraction of sp³-hybridized carbons (Fsp3) is 0.115. The number of hydrogen-bond donors (Lipinski definition) is 0. The zero-order valence-corrected chi connectivity index (χ0v) is 31.7. The lowest BCUT2D eigenvalue weighted by atomic mass is 10.0. The highest BCUT2D eigenvalue weighted by Crippen LogP contribution is 2.37. The first kappa shape index (κ1) is 36.0. The number of benzene rings is 7. The van der Waals surface area contributed by atoms with E-state index in [1.54, 1.807) is 0 Å². The van der Waals surface area contributed by atoms with Gasteiger partial charge in [0.1, 0.15) is 0 Å². The first-order valence-electron chi connectivity index (χ1n) is 19.0. The molecule has 0 spiro atoms. The summed E-state index contributed by atoms with van der Waals surface area (Å²) in [5, 5.41) is 0. The van der Waals surface area contributed by atoms with Gasteiger partial charge in [0.15, 0.2) is 0 Å². The Morgan fingerprint density at radius 3 is 0.889 bits per heavy atom. The van der Waals surface area contributed by atoms with Gasteiger partial charge in [0, 0.05) is 34.1 Å². The molecule has 0 saturated heterocycles. The molecule has 0 aliphatic heterocycles. The van der Waals surface area contributed by atoms with Crippen molar-refractivity contribution in [3.05, 3.63) is 215 Å². The van der Waals surface area contributed by atoms with E-state index in [1.165, 1.54) is 22.3 Å². The van der Waals surface area contributed by atoms with Gasteiger partial charge in [-0.2, -0.15) is 0 Å². The van der Waals surface area contributed by atoms with E-state index in [1.807, 2.05) is 0 Å². The maximum atomic E-state index is 2.31. The van der Waals surface area contributed by atoms with Gasteiger partial charge in [0.25, 0.3) is 0 Å². The molecular formula is C52H48N2. The zero-order valence-electron chi connectivity index (χ0n) is 31.7. The third-order valence-corrected chi connectivity index (χ3v) is 9.87. The largest absolute Gasteiger partial charge is 0.311 e. The average Bonchev–Trinajstić information content (AvgIpc) is 3.22. The van der Waals surface area contributed by atoms with Crippen molar-refractivity contribution in [3.8, 4) is 0 Å². The van der Waals surface area contributed by atoms with Crippen molar-refractivity contribution >= 4 is 58.4 Å². The molecule has 0 N–H and O–H groups in total. The molecule has 0 aromatic heterocycles. The molecule has 0 aliphatic carbocycles. The minimum Gasteiger partial charge on any atom is -0.311 e. The van der Waals surface area contributed by atoms with E-state index >= 15 is 0 Å². The van der Waals surface area contributed by atoms with Crippen molar-refractivity contribution in [2.45, 2.75) is 39.5 Å². The van der Waals surface area contributed by atoms with Crippen LogP contribution in [0.5, 0.6) is 0 Å². The van der Waals surface area contributed by atoms with E-state index in [0.29, 0.717) is 11.8 Å². The second-order valence-corrected chi connectivity index (χ2v) is 14.3. The molecule has 2 heteroatoms. The smallest absolute Gasteiger partial charge is 0.0462 e. The summed E-state index contributed by atoms with van der Waals surface area (Å²) in [6.45, 7) is 8.94. The van der Waals surface area contributed by atoms with Crippen LogP contribution in [0.4, 0.5) is 34.1 Å². The first-order valence-corrected chi connectivity index (χ1v) is 19.0. The van der Waals surface area contributed by atoms with Crippen LogP contribution in [0.15, 0.2) is 182 Å². The molecule has 266 valence electrons. The molecular weight excluding hydrogens is 653 g/mol. The topological polar surface area (TPSA) is 6.48 Å². The number of hydrogen-bond acceptors (Lipinski definition) is 2. The summed E-state index contributed by atoms with van der Waals surface area (Å²) >= 11 is 0. The molecule has 0 heterocycles. The van der Waals surface area contributed by atoms with Crippen LogP contribution in [0, 0.1) is 0 Å². The Hall–Kier alpha value is -6.38. The number of anilines is 6. The molecule has 2 nitrogen and oxygen atoms in total. The van der Waals surface area contributed by atoms with E-state index < -0.39 is 0 Å². The second kappa shape index (κ2) is 17.0. The lowest BCUT2D eigenvalue weighted by Crippen LogP contribution is -2.09. The third-order valence-electron chi connectivity index (χ3n) is 9.87. The van der Waals surface area contributed by atoms with Crippen LogP contribution in [0.1, 0.15) is 72.9 Å². The maximum Gasteiger partial charge on any atom is 0.0462 e. The molecule has 0 radical (unpaired) electrons. The first-order chi connectivity index (χ1) is 26.4. The SMILES string of the molecule is CC(C)c1ccc(N(c2ccccc2)c2ccc(C=Cc3ccccc3C=Cc3ccc(N(c4ccccc4)c4ccc(C(C)C)cc4)cc3)cc2)cc1. The molecule has 0 unspecified atom stereocenters. The van der Waals surface area contributed by atoms with Gasteiger partial charge in [0.05, 0.1) is 0 Å². The Labute approximate surface area is 322 Å². The monoisotopic (exact) mass is 700 g/mol. The van der Waals surface area contributed by atoms with Crippen molar-refractivity contribution in [3.63, 3.8) is 0 Å². The van der Waals surface area contributed by atoms with Crippen molar-refractivity contribution in [1.82, 2.24) is 0 Å². The van der Waals surface area contributed by atoms with E-state index in [9.17, 15) is 0 Å². The summed E-state index contributed by atoms with van der Waals surface area (Å²) in [5.74, 6) is 0.996. The quantitative estimate of drug-likeness (QED) is 0.117. The Bertz CT molecular complexity index is 2110. The van der Waals surface area contributed by atoms with Gasteiger partial charge >= 0.3 is 0 Å². The number of para-hydroxylation sites is 2. The molecule has 0 aliphatic rings. The molecule has 0 fully saturated rings. The summed E-state index contributed by atoms with van der Waals surface area (Å²) in [6.07, 6.45) is 8.81. The molecule has 0 saturated carbocycles. The van der Waals surface area contributed by atoms with Gasteiger partial charge in [-0.05, 0) is 118 Å². The van der Waals surface area contributed by atoms with Crippen LogP contribution in [0.25, 0.3) is 24.3 Å². The van der Waals surface area contributed by atoms with Gasteiger partial charge in [-0.1, -0.05) is 161 Å². The van der Waals surface area contributed by atoms with E-state index in [2.05, 4.69) is 244 Å². The summed E-state index contributed by atoms with van der Waals surface area (Å²) in [7, 11) is 0. The summed E-state index contributed by atoms with van der Waals surface area (Å²) in [5.41, 5.74) is 14.2. The molecule has 0 amide bonds. The fourth-order valence-electron chi connectivity index (χ4n) is 6.72. The highest BCUT2D eigenvalue weighted by molar-refractivity contribution is 5.82. The van der Waals surface area contributed by atoms with E-state index in [0.717, 1.165) is 45.3 Å². The zero-order chi connectivity index (χ0) is 37.3. The normalized spacial score (nSPS) is 11.5. The summed E-state index contributed by atoms with van der Waals surface area (Å²) in [4.78, 5) is 4.63. The van der Waals surface area contributed by atoms with Crippen LogP contribution in [0.3, 0.4) is 0 Å². The maximum absolute atomic E-state index is 2.31. The fourth-order valence-corrected chi connectivity index (χ4v) is 6.72. The highest BCUT2D eigenvalue weighted by atomic mass is 15.1. The van der Waals surface area contributed by atoms with E-state index in [4.69, 9.17) is 0 Å². The van der Waals surface area contributed by atoms with Gasteiger partial charge < -0.3 is 9.80 Å². The van der Waals surface area contributed by atoms with Gasteiger partial charge in [-0.15, -0.1) is 0 Å². The van der Waals surface area contributed by atoms with Crippen LogP contribution >= 0.6 is 0 Å². The minimum absolute atomic E-state index is 0.498. The third kappa shape index (κ3) is 8.62. The number of nitrogens with zero attached hydrogens (tertiary/aromatic N) is 2. The predicted octanol–water partition coefficient (Wildman–Crippen LogP) is 15.2. The number of rotatable bonds is 12.